The Morgan fingerprint density at radius 3 is 1.07 bits per heavy atom. The van der Waals surface area contributed by atoms with Crippen LogP contribution < -0.4 is 0 Å². The summed E-state index contributed by atoms with van der Waals surface area (Å²) in [5.74, 6) is -2.51. The maximum atomic E-state index is 9.55. The van der Waals surface area contributed by atoms with Crippen LogP contribution in [0, 0.1) is 0 Å². The number of carboxylic acid groups (broad SMARTS) is 2. The minimum absolute atomic E-state index is 0. The van der Waals surface area contributed by atoms with Gasteiger partial charge in [-0.15, -0.1) is 0 Å². The molecule has 0 bridgehead atoms. The SMILES string of the molecule is O=C(O)/C=C/C(=O)O.O=S(=O)(O)O.[NaH].[NaH]. The maximum absolute atomic E-state index is 9.55. The van der Waals surface area contributed by atoms with Gasteiger partial charge in [0.1, 0.15) is 0 Å². The first-order valence-corrected chi connectivity index (χ1v) is 3.86. The molecule has 8 nitrogen and oxygen atoms in total. The van der Waals surface area contributed by atoms with Gasteiger partial charge in [0.15, 0.2) is 0 Å². The molecule has 0 radical (unpaired) electrons. The Labute approximate surface area is 130 Å². The third kappa shape index (κ3) is 74.4. The minimum atomic E-state index is -4.67. The van der Waals surface area contributed by atoms with Crippen LogP contribution in [0.5, 0.6) is 0 Å². The van der Waals surface area contributed by atoms with Crippen LogP contribution in [-0.2, 0) is 20.0 Å². The van der Waals surface area contributed by atoms with E-state index in [0.29, 0.717) is 12.2 Å². The van der Waals surface area contributed by atoms with E-state index in [1.807, 2.05) is 0 Å². The van der Waals surface area contributed by atoms with Gasteiger partial charge < -0.3 is 10.2 Å². The summed E-state index contributed by atoms with van der Waals surface area (Å²) in [4.78, 5) is 19.1. The summed E-state index contributed by atoms with van der Waals surface area (Å²) in [5.41, 5.74) is 0. The van der Waals surface area contributed by atoms with Gasteiger partial charge in [-0.05, 0) is 0 Å². The molecule has 4 N–H and O–H groups in total. The Balaban J connectivity index is -0.0000000770. The molecule has 0 amide bonds. The molecule has 0 fully saturated rings. The Bertz CT molecular complexity index is 283. The van der Waals surface area contributed by atoms with E-state index >= 15 is 0 Å². The van der Waals surface area contributed by atoms with Crippen LogP contribution in [0.1, 0.15) is 0 Å². The predicted molar refractivity (Wildman–Crippen MR) is 52.9 cm³/mol. The number of rotatable bonds is 2. The fourth-order valence-corrected chi connectivity index (χ4v) is 0.143. The summed E-state index contributed by atoms with van der Waals surface area (Å²) in [6.07, 6.45) is 1.12. The van der Waals surface area contributed by atoms with Gasteiger partial charge >= 0.3 is 81.5 Å². The van der Waals surface area contributed by atoms with E-state index in [0.717, 1.165) is 0 Å². The van der Waals surface area contributed by atoms with Crippen molar-refractivity contribution in [2.45, 2.75) is 0 Å². The average molecular weight is 262 g/mol. The first-order chi connectivity index (χ1) is 5.63. The van der Waals surface area contributed by atoms with Crippen molar-refractivity contribution in [3.05, 3.63) is 12.2 Å². The summed E-state index contributed by atoms with van der Waals surface area (Å²) in [5, 5.41) is 15.6. The third-order valence-corrected chi connectivity index (χ3v) is 0.368. The summed E-state index contributed by atoms with van der Waals surface area (Å²) in [7, 11) is -4.67. The van der Waals surface area contributed by atoms with Crippen molar-refractivity contribution in [1.82, 2.24) is 0 Å². The molecule has 0 aliphatic rings. The molecule has 0 atom stereocenters. The summed E-state index contributed by atoms with van der Waals surface area (Å²) >= 11 is 0. The van der Waals surface area contributed by atoms with Crippen molar-refractivity contribution in [2.24, 2.45) is 0 Å². The van der Waals surface area contributed by atoms with E-state index in [2.05, 4.69) is 0 Å². The summed E-state index contributed by atoms with van der Waals surface area (Å²) in [6, 6.07) is 0. The monoisotopic (exact) mass is 262 g/mol. The van der Waals surface area contributed by atoms with Crippen LogP contribution in [0.3, 0.4) is 0 Å². The van der Waals surface area contributed by atoms with Crippen molar-refractivity contribution in [3.8, 4) is 0 Å². The number of hydrogen-bond acceptors (Lipinski definition) is 4. The van der Waals surface area contributed by atoms with Crippen LogP contribution in [0.4, 0.5) is 0 Å². The molecule has 15 heavy (non-hydrogen) atoms. The van der Waals surface area contributed by atoms with Gasteiger partial charge in [-0.25, -0.2) is 9.59 Å². The van der Waals surface area contributed by atoms with Crippen LogP contribution in [0.25, 0.3) is 0 Å². The normalized spacial score (nSPS) is 8.93. The van der Waals surface area contributed by atoms with E-state index < -0.39 is 22.3 Å². The molecular formula is C4H8Na2O8S. The van der Waals surface area contributed by atoms with E-state index in [1.54, 1.807) is 0 Å². The zero-order valence-corrected chi connectivity index (χ0v) is 6.80. The summed E-state index contributed by atoms with van der Waals surface area (Å²) in [6.45, 7) is 0. The molecule has 0 saturated carbocycles. The van der Waals surface area contributed by atoms with Crippen molar-refractivity contribution < 1.29 is 37.3 Å². The fraction of sp³-hybridized carbons (Fsp3) is 0. The average Bonchev–Trinajstić information content (AvgIpc) is 1.79. The second-order valence-electron chi connectivity index (χ2n) is 1.46. The Morgan fingerprint density at radius 1 is 0.867 bits per heavy atom. The Hall–Kier alpha value is 0.550. The molecule has 0 aliphatic heterocycles. The number of hydrogen-bond donors (Lipinski definition) is 4. The molecule has 11 heteroatoms. The van der Waals surface area contributed by atoms with Crippen LogP contribution in [0.15, 0.2) is 12.2 Å². The van der Waals surface area contributed by atoms with Gasteiger partial charge in [-0.1, -0.05) is 0 Å². The van der Waals surface area contributed by atoms with Crippen molar-refractivity contribution in [1.29, 1.82) is 0 Å². The molecule has 0 unspecified atom stereocenters. The van der Waals surface area contributed by atoms with Gasteiger partial charge in [-0.2, -0.15) is 8.42 Å². The summed E-state index contributed by atoms with van der Waals surface area (Å²) < 4.78 is 31.6. The van der Waals surface area contributed by atoms with E-state index in [4.69, 9.17) is 27.7 Å². The van der Waals surface area contributed by atoms with Gasteiger partial charge in [0.25, 0.3) is 0 Å². The second kappa shape index (κ2) is 12.6. The molecular weight excluding hydrogens is 254 g/mol. The van der Waals surface area contributed by atoms with Gasteiger partial charge in [0.05, 0.1) is 0 Å². The topological polar surface area (TPSA) is 149 Å². The van der Waals surface area contributed by atoms with E-state index in [1.165, 1.54) is 0 Å². The molecule has 0 rings (SSSR count). The standard InChI is InChI=1S/C4H4O4.2Na.H2O4S.2H/c5-3(6)1-2-4(7)8;;;1-5(2,3)4;;/h1-2H,(H,5,6)(H,7,8);;;(H2,1,2,3,4);;/b2-1+;;;;;. The molecule has 0 saturated heterocycles. The quantitative estimate of drug-likeness (QED) is 0.248. The number of carbonyl (C=O) groups is 2. The van der Waals surface area contributed by atoms with E-state index in [9.17, 15) is 9.59 Å². The van der Waals surface area contributed by atoms with Crippen molar-refractivity contribution in [3.63, 3.8) is 0 Å². The first-order valence-electron chi connectivity index (χ1n) is 2.46. The number of carboxylic acids is 2. The zero-order chi connectivity index (χ0) is 11.1. The third-order valence-electron chi connectivity index (χ3n) is 0.368. The van der Waals surface area contributed by atoms with Gasteiger partial charge in [0, 0.05) is 12.2 Å². The Kier molecular flexibility index (Phi) is 20.8. The molecule has 0 heterocycles. The van der Waals surface area contributed by atoms with Crippen LogP contribution in [-0.4, -0.2) is 98.8 Å². The van der Waals surface area contributed by atoms with Crippen molar-refractivity contribution in [2.75, 3.05) is 0 Å². The van der Waals surface area contributed by atoms with Crippen molar-refractivity contribution >= 4 is 81.5 Å². The predicted octanol–water partition coefficient (Wildman–Crippen LogP) is -2.24. The fourth-order valence-electron chi connectivity index (χ4n) is 0.143. The molecule has 80 valence electrons. The Morgan fingerprint density at radius 2 is 1.00 bits per heavy atom. The molecule has 0 spiro atoms. The first kappa shape index (κ1) is 24.7. The molecule has 0 aliphatic carbocycles. The number of aliphatic carboxylic acids is 2. The van der Waals surface area contributed by atoms with Crippen LogP contribution >= 0.6 is 0 Å². The molecule has 0 aromatic carbocycles. The molecule has 0 aromatic heterocycles. The van der Waals surface area contributed by atoms with Gasteiger partial charge in [0.2, 0.25) is 0 Å². The molecule has 0 aromatic rings. The second-order valence-corrected chi connectivity index (χ2v) is 2.35. The van der Waals surface area contributed by atoms with Crippen LogP contribution in [0.2, 0.25) is 0 Å². The van der Waals surface area contributed by atoms with Gasteiger partial charge in [-0.3, -0.25) is 9.11 Å². The van der Waals surface area contributed by atoms with E-state index in [-0.39, 0.29) is 59.1 Å². The zero-order valence-electron chi connectivity index (χ0n) is 5.98.